The van der Waals surface area contributed by atoms with Gasteiger partial charge in [0, 0.05) is 17.0 Å². The first kappa shape index (κ1) is 14.6. The molecular formula is C20H25NO3. The number of likely N-dealkylation sites (tertiary alicyclic amines) is 1. The SMILES string of the molecule is COC1=CCC2C3CCc4ccc(OC)c5c4C2(CCN3C)C1O5. The summed E-state index contributed by atoms with van der Waals surface area (Å²) in [4.78, 5) is 2.57. The number of hydrogen-bond acceptors (Lipinski definition) is 4. The molecule has 0 aromatic heterocycles. The molecule has 128 valence electrons. The van der Waals surface area contributed by atoms with Crippen LogP contribution in [-0.4, -0.2) is 44.9 Å². The number of nitrogens with zero attached hydrogens (tertiary/aromatic N) is 1. The number of hydrogen-bond donors (Lipinski definition) is 0. The topological polar surface area (TPSA) is 30.9 Å². The molecule has 4 nitrogen and oxygen atoms in total. The average Bonchev–Trinajstić information content (AvgIpc) is 2.90. The van der Waals surface area contributed by atoms with E-state index in [0.29, 0.717) is 12.0 Å². The van der Waals surface area contributed by atoms with Gasteiger partial charge in [0.05, 0.1) is 14.2 Å². The van der Waals surface area contributed by atoms with Gasteiger partial charge in [0.25, 0.3) is 0 Å². The predicted octanol–water partition coefficient (Wildman–Crippen LogP) is 2.89. The molecule has 1 aromatic carbocycles. The zero-order chi connectivity index (χ0) is 16.5. The zero-order valence-electron chi connectivity index (χ0n) is 14.7. The molecule has 4 atom stereocenters. The van der Waals surface area contributed by atoms with Crippen LogP contribution in [0.15, 0.2) is 24.0 Å². The molecule has 1 spiro atoms. The van der Waals surface area contributed by atoms with Crippen LogP contribution in [0.2, 0.25) is 0 Å². The molecule has 4 heteroatoms. The van der Waals surface area contributed by atoms with E-state index in [-0.39, 0.29) is 11.5 Å². The van der Waals surface area contributed by atoms with Crippen LogP contribution in [0.4, 0.5) is 0 Å². The summed E-state index contributed by atoms with van der Waals surface area (Å²) in [6.07, 6.45) is 6.82. The fourth-order valence-corrected chi connectivity index (χ4v) is 5.90. The summed E-state index contributed by atoms with van der Waals surface area (Å²) in [5.74, 6) is 3.43. The van der Waals surface area contributed by atoms with Crippen molar-refractivity contribution in [3.05, 3.63) is 35.1 Å². The summed E-state index contributed by atoms with van der Waals surface area (Å²) in [5.41, 5.74) is 2.93. The molecule has 1 aromatic rings. The minimum atomic E-state index is 0.000556. The Morgan fingerprint density at radius 2 is 2.12 bits per heavy atom. The zero-order valence-corrected chi connectivity index (χ0v) is 14.7. The van der Waals surface area contributed by atoms with E-state index >= 15 is 0 Å². The monoisotopic (exact) mass is 327 g/mol. The number of ether oxygens (including phenoxy) is 3. The van der Waals surface area contributed by atoms with Crippen LogP contribution in [0.5, 0.6) is 11.5 Å². The summed E-state index contributed by atoms with van der Waals surface area (Å²) in [6, 6.07) is 4.95. The van der Waals surface area contributed by atoms with Gasteiger partial charge >= 0.3 is 0 Å². The molecule has 2 aliphatic heterocycles. The van der Waals surface area contributed by atoms with Crippen LogP contribution in [0.3, 0.4) is 0 Å². The third-order valence-corrected chi connectivity index (χ3v) is 6.94. The lowest BCUT2D eigenvalue weighted by molar-refractivity contribution is -0.0189. The van der Waals surface area contributed by atoms with Gasteiger partial charge in [-0.15, -0.1) is 0 Å². The van der Waals surface area contributed by atoms with Gasteiger partial charge in [0.1, 0.15) is 5.76 Å². The Labute approximate surface area is 143 Å². The van der Waals surface area contributed by atoms with Gasteiger partial charge in [-0.05, 0) is 62.9 Å². The van der Waals surface area contributed by atoms with Crippen LogP contribution in [0, 0.1) is 5.92 Å². The summed E-state index contributed by atoms with van der Waals surface area (Å²) in [6.45, 7) is 1.12. The molecule has 0 N–H and O–H groups in total. The van der Waals surface area contributed by atoms with Gasteiger partial charge in [0.15, 0.2) is 17.6 Å². The molecule has 0 saturated carbocycles. The largest absolute Gasteiger partial charge is 0.497 e. The van der Waals surface area contributed by atoms with Crippen LogP contribution in [-0.2, 0) is 16.6 Å². The highest BCUT2D eigenvalue weighted by Gasteiger charge is 2.63. The highest BCUT2D eigenvalue weighted by atomic mass is 16.6. The standard InChI is InChI=1S/C20H25NO3/c1-21-11-10-20-13-6-9-16(23-3)19(20)24-18-15(22-2)8-5-12(17(18)20)4-7-14(13)21/h5,8-9,13-14,19H,4,6-7,10-11H2,1-3H3. The van der Waals surface area contributed by atoms with Crippen molar-refractivity contribution in [3.63, 3.8) is 0 Å². The number of benzene rings is 1. The lowest BCUT2D eigenvalue weighted by Crippen LogP contribution is -2.60. The second-order valence-electron chi connectivity index (χ2n) is 7.66. The Kier molecular flexibility index (Phi) is 3.00. The van der Waals surface area contributed by atoms with E-state index in [0.717, 1.165) is 43.1 Å². The Bertz CT molecular complexity index is 728. The molecule has 2 aliphatic carbocycles. The molecule has 1 saturated heterocycles. The second-order valence-corrected chi connectivity index (χ2v) is 7.66. The number of aryl methyl sites for hydroxylation is 1. The van der Waals surface area contributed by atoms with E-state index in [1.807, 2.05) is 0 Å². The molecule has 4 unspecified atom stereocenters. The number of piperidine rings is 1. The van der Waals surface area contributed by atoms with Crippen molar-refractivity contribution < 1.29 is 14.2 Å². The average molecular weight is 327 g/mol. The smallest absolute Gasteiger partial charge is 0.166 e. The minimum Gasteiger partial charge on any atom is -0.497 e. The number of methoxy groups -OCH3 is 2. The first-order chi connectivity index (χ1) is 11.7. The Morgan fingerprint density at radius 3 is 2.92 bits per heavy atom. The first-order valence-corrected chi connectivity index (χ1v) is 9.02. The van der Waals surface area contributed by atoms with Gasteiger partial charge in [-0.1, -0.05) is 6.07 Å². The lowest BCUT2D eigenvalue weighted by atomic mass is 9.57. The van der Waals surface area contributed by atoms with E-state index in [1.54, 1.807) is 14.2 Å². The Hall–Kier alpha value is -1.68. The number of allylic oxidation sites excluding steroid dienone is 1. The van der Waals surface area contributed by atoms with E-state index in [2.05, 4.69) is 30.2 Å². The van der Waals surface area contributed by atoms with Crippen LogP contribution in [0.1, 0.15) is 30.4 Å². The molecule has 2 heterocycles. The van der Waals surface area contributed by atoms with Crippen LogP contribution >= 0.6 is 0 Å². The highest BCUT2D eigenvalue weighted by Crippen LogP contribution is 2.62. The molecule has 2 bridgehead atoms. The summed E-state index contributed by atoms with van der Waals surface area (Å²) >= 11 is 0. The Balaban J connectivity index is 1.80. The number of rotatable bonds is 2. The summed E-state index contributed by atoms with van der Waals surface area (Å²) in [7, 11) is 5.80. The van der Waals surface area contributed by atoms with Crippen molar-refractivity contribution in [2.24, 2.45) is 5.92 Å². The molecule has 5 rings (SSSR count). The maximum atomic E-state index is 6.56. The molecule has 0 radical (unpaired) electrons. The third-order valence-electron chi connectivity index (χ3n) is 6.94. The van der Waals surface area contributed by atoms with Crippen molar-refractivity contribution in [3.8, 4) is 11.5 Å². The van der Waals surface area contributed by atoms with Crippen LogP contribution < -0.4 is 9.47 Å². The maximum Gasteiger partial charge on any atom is 0.166 e. The molecule has 0 amide bonds. The van der Waals surface area contributed by atoms with E-state index in [1.165, 1.54) is 17.5 Å². The van der Waals surface area contributed by atoms with Gasteiger partial charge in [-0.25, -0.2) is 0 Å². The van der Waals surface area contributed by atoms with E-state index in [4.69, 9.17) is 14.2 Å². The molecule has 24 heavy (non-hydrogen) atoms. The lowest BCUT2D eigenvalue weighted by Gasteiger charge is -2.53. The predicted molar refractivity (Wildman–Crippen MR) is 91.6 cm³/mol. The van der Waals surface area contributed by atoms with Crippen molar-refractivity contribution in [1.29, 1.82) is 0 Å². The van der Waals surface area contributed by atoms with E-state index < -0.39 is 0 Å². The molecule has 4 aliphatic rings. The van der Waals surface area contributed by atoms with Crippen molar-refractivity contribution in [1.82, 2.24) is 4.90 Å². The van der Waals surface area contributed by atoms with Crippen molar-refractivity contribution in [2.75, 3.05) is 27.8 Å². The minimum absolute atomic E-state index is 0.000556. The quantitative estimate of drug-likeness (QED) is 0.836. The van der Waals surface area contributed by atoms with Crippen molar-refractivity contribution >= 4 is 0 Å². The van der Waals surface area contributed by atoms with E-state index in [9.17, 15) is 0 Å². The summed E-state index contributed by atoms with van der Waals surface area (Å²) < 4.78 is 18.0. The van der Waals surface area contributed by atoms with Gasteiger partial charge in [0.2, 0.25) is 0 Å². The van der Waals surface area contributed by atoms with Gasteiger partial charge < -0.3 is 19.1 Å². The first-order valence-electron chi connectivity index (χ1n) is 9.02. The third kappa shape index (κ3) is 1.58. The second kappa shape index (κ2) is 4.92. The normalized spacial score (nSPS) is 36.3. The summed E-state index contributed by atoms with van der Waals surface area (Å²) in [5, 5.41) is 0. The Morgan fingerprint density at radius 1 is 1.25 bits per heavy atom. The van der Waals surface area contributed by atoms with Gasteiger partial charge in [-0.3, -0.25) is 0 Å². The maximum absolute atomic E-state index is 6.56. The van der Waals surface area contributed by atoms with Crippen molar-refractivity contribution in [2.45, 2.75) is 43.2 Å². The highest BCUT2D eigenvalue weighted by molar-refractivity contribution is 5.61. The molecule has 1 fully saturated rings. The fourth-order valence-electron chi connectivity index (χ4n) is 5.90. The fraction of sp³-hybridized carbons (Fsp3) is 0.600. The van der Waals surface area contributed by atoms with Gasteiger partial charge in [-0.2, -0.15) is 0 Å². The molecular weight excluding hydrogens is 302 g/mol. The van der Waals surface area contributed by atoms with Crippen LogP contribution in [0.25, 0.3) is 0 Å².